The molecular weight excluding hydrogens is 394 g/mol. The summed E-state index contributed by atoms with van der Waals surface area (Å²) in [5, 5.41) is 3.96. The van der Waals surface area contributed by atoms with Crippen LogP contribution in [0.3, 0.4) is 0 Å². The number of rotatable bonds is 3. The lowest BCUT2D eigenvalue weighted by Crippen LogP contribution is -2.51. The number of benzene rings is 1. The minimum Gasteiger partial charge on any atom is -0.337 e. The van der Waals surface area contributed by atoms with Crippen LogP contribution in [0.4, 0.5) is 5.69 Å². The molecule has 2 aliphatic heterocycles. The lowest BCUT2D eigenvalue weighted by atomic mass is 10.1. The molecule has 1 amide bonds. The van der Waals surface area contributed by atoms with Crippen molar-refractivity contribution >= 4 is 35.8 Å². The molecule has 0 aliphatic carbocycles. The van der Waals surface area contributed by atoms with E-state index in [-0.39, 0.29) is 24.4 Å². The summed E-state index contributed by atoms with van der Waals surface area (Å²) < 4.78 is 2.05. The number of nitrogens with one attached hydrogen (secondary N) is 1. The highest BCUT2D eigenvalue weighted by Gasteiger charge is 2.31. The molecule has 1 saturated heterocycles. The van der Waals surface area contributed by atoms with E-state index in [4.69, 9.17) is 0 Å². The summed E-state index contributed by atoms with van der Waals surface area (Å²) in [6.45, 7) is 6.02. The van der Waals surface area contributed by atoms with Crippen LogP contribution < -0.4 is 10.2 Å². The lowest BCUT2D eigenvalue weighted by molar-refractivity contribution is -0.120. The first-order valence-electron chi connectivity index (χ1n) is 9.61. The Hall–Kier alpha value is -1.54. The standard InChI is InChI=1S/C20H27N5OS.ClH/c1-15-7-10-25(16-5-3-4-6-18(16)27-15)19(26)14-24-12-8-21-13-17(24)20-22-9-11-23(20)2;/h3-6,9,11,15,17,21H,7-8,10,12-14H2,1-2H3;1H. The topological polar surface area (TPSA) is 53.4 Å². The third-order valence-electron chi connectivity index (χ3n) is 5.39. The van der Waals surface area contributed by atoms with Crippen LogP contribution in [-0.2, 0) is 11.8 Å². The highest BCUT2D eigenvalue weighted by Crippen LogP contribution is 2.37. The van der Waals surface area contributed by atoms with Crippen molar-refractivity contribution in [1.29, 1.82) is 0 Å². The number of carbonyl (C=O) groups is 1. The second kappa shape index (κ2) is 9.31. The molecule has 152 valence electrons. The van der Waals surface area contributed by atoms with Crippen LogP contribution in [0.15, 0.2) is 41.6 Å². The molecule has 1 aromatic heterocycles. The molecule has 2 aliphatic rings. The number of piperazine rings is 1. The highest BCUT2D eigenvalue weighted by atomic mass is 35.5. The third kappa shape index (κ3) is 4.38. The number of hydrogen-bond acceptors (Lipinski definition) is 5. The number of anilines is 1. The van der Waals surface area contributed by atoms with Gasteiger partial charge in [0.05, 0.1) is 18.3 Å². The van der Waals surface area contributed by atoms with Crippen LogP contribution in [0.2, 0.25) is 0 Å². The zero-order valence-corrected chi connectivity index (χ0v) is 18.0. The molecule has 0 radical (unpaired) electrons. The molecule has 28 heavy (non-hydrogen) atoms. The van der Waals surface area contributed by atoms with Gasteiger partial charge in [-0.25, -0.2) is 4.98 Å². The van der Waals surface area contributed by atoms with Crippen molar-refractivity contribution in [2.24, 2.45) is 7.05 Å². The van der Waals surface area contributed by atoms with Gasteiger partial charge in [0, 0.05) is 55.8 Å². The van der Waals surface area contributed by atoms with Crippen LogP contribution in [0.25, 0.3) is 0 Å². The molecule has 1 aromatic carbocycles. The van der Waals surface area contributed by atoms with E-state index in [9.17, 15) is 4.79 Å². The fraction of sp³-hybridized carbons (Fsp3) is 0.500. The monoisotopic (exact) mass is 421 g/mol. The summed E-state index contributed by atoms with van der Waals surface area (Å²) in [4.78, 5) is 23.3. The van der Waals surface area contributed by atoms with Crippen molar-refractivity contribution in [3.63, 3.8) is 0 Å². The molecule has 6 nitrogen and oxygen atoms in total. The van der Waals surface area contributed by atoms with Crippen LogP contribution >= 0.6 is 24.2 Å². The first-order valence-corrected chi connectivity index (χ1v) is 10.5. The Balaban J connectivity index is 0.00000225. The van der Waals surface area contributed by atoms with Gasteiger partial charge < -0.3 is 14.8 Å². The summed E-state index contributed by atoms with van der Waals surface area (Å²) in [5.74, 6) is 1.19. The minimum absolute atomic E-state index is 0. The normalized spacial score (nSPS) is 22.9. The second-order valence-corrected chi connectivity index (χ2v) is 8.80. The van der Waals surface area contributed by atoms with Gasteiger partial charge in [0.2, 0.25) is 5.91 Å². The largest absolute Gasteiger partial charge is 0.337 e. The summed E-state index contributed by atoms with van der Waals surface area (Å²) in [5.41, 5.74) is 1.06. The number of carbonyl (C=O) groups excluding carboxylic acids is 1. The highest BCUT2D eigenvalue weighted by molar-refractivity contribution is 8.00. The van der Waals surface area contributed by atoms with E-state index in [1.807, 2.05) is 42.2 Å². The van der Waals surface area contributed by atoms with Crippen molar-refractivity contribution in [2.75, 3.05) is 37.6 Å². The molecule has 2 atom stereocenters. The Morgan fingerprint density at radius 1 is 1.32 bits per heavy atom. The van der Waals surface area contributed by atoms with Gasteiger partial charge in [0.1, 0.15) is 5.82 Å². The summed E-state index contributed by atoms with van der Waals surface area (Å²) in [6.07, 6.45) is 4.80. The van der Waals surface area contributed by atoms with Gasteiger partial charge in [-0.3, -0.25) is 9.69 Å². The Labute approximate surface area is 177 Å². The number of nitrogens with zero attached hydrogens (tertiary/aromatic N) is 4. The summed E-state index contributed by atoms with van der Waals surface area (Å²) in [6, 6.07) is 8.41. The molecule has 0 spiro atoms. The van der Waals surface area contributed by atoms with E-state index < -0.39 is 0 Å². The van der Waals surface area contributed by atoms with Gasteiger partial charge in [0.25, 0.3) is 0 Å². The fourth-order valence-electron chi connectivity index (χ4n) is 3.89. The molecule has 0 bridgehead atoms. The first kappa shape index (κ1) is 21.2. The van der Waals surface area contributed by atoms with Crippen molar-refractivity contribution in [3.05, 3.63) is 42.5 Å². The van der Waals surface area contributed by atoms with E-state index in [1.54, 1.807) is 0 Å². The van der Waals surface area contributed by atoms with Gasteiger partial charge in [-0.1, -0.05) is 19.1 Å². The Kier molecular flexibility index (Phi) is 7.04. The Bertz CT molecular complexity index is 813. The Morgan fingerprint density at radius 2 is 2.14 bits per heavy atom. The molecule has 8 heteroatoms. The quantitative estimate of drug-likeness (QED) is 0.825. The number of imidazole rings is 1. The average molecular weight is 422 g/mol. The third-order valence-corrected chi connectivity index (χ3v) is 6.63. The molecule has 1 fully saturated rings. The van der Waals surface area contributed by atoms with Crippen LogP contribution in [0.1, 0.15) is 25.2 Å². The van der Waals surface area contributed by atoms with Crippen molar-refractivity contribution in [1.82, 2.24) is 19.8 Å². The van der Waals surface area contributed by atoms with Crippen LogP contribution in [0.5, 0.6) is 0 Å². The molecule has 2 unspecified atom stereocenters. The number of thioether (sulfide) groups is 1. The van der Waals surface area contributed by atoms with Crippen molar-refractivity contribution < 1.29 is 4.79 Å². The van der Waals surface area contributed by atoms with E-state index in [1.165, 1.54) is 4.90 Å². The number of aryl methyl sites for hydroxylation is 1. The van der Waals surface area contributed by atoms with Gasteiger partial charge in [-0.15, -0.1) is 24.2 Å². The first-order chi connectivity index (χ1) is 13.1. The predicted molar refractivity (Wildman–Crippen MR) is 116 cm³/mol. The SMILES string of the molecule is CC1CCN(C(=O)CN2CCNCC2c2nccn2C)c2ccccc2S1.Cl. The molecule has 2 aromatic rings. The minimum atomic E-state index is 0. The van der Waals surface area contributed by atoms with Gasteiger partial charge in [-0.05, 0) is 18.6 Å². The summed E-state index contributed by atoms with van der Waals surface area (Å²) in [7, 11) is 2.01. The van der Waals surface area contributed by atoms with Crippen LogP contribution in [0, 0.1) is 0 Å². The average Bonchev–Trinajstić information content (AvgIpc) is 3.01. The van der Waals surface area contributed by atoms with E-state index >= 15 is 0 Å². The van der Waals surface area contributed by atoms with Gasteiger partial charge >= 0.3 is 0 Å². The number of halogens is 1. The number of amides is 1. The lowest BCUT2D eigenvalue weighted by Gasteiger charge is -2.36. The van der Waals surface area contributed by atoms with E-state index in [2.05, 4.69) is 44.9 Å². The van der Waals surface area contributed by atoms with Gasteiger partial charge in [-0.2, -0.15) is 0 Å². The molecule has 1 N–H and O–H groups in total. The molecule has 0 saturated carbocycles. The number of hydrogen-bond donors (Lipinski definition) is 1. The van der Waals surface area contributed by atoms with E-state index in [0.29, 0.717) is 11.8 Å². The zero-order chi connectivity index (χ0) is 18.8. The molecule has 4 rings (SSSR count). The van der Waals surface area contributed by atoms with Crippen molar-refractivity contribution in [2.45, 2.75) is 29.5 Å². The van der Waals surface area contributed by atoms with E-state index in [0.717, 1.165) is 44.1 Å². The fourth-order valence-corrected chi connectivity index (χ4v) is 5.01. The number of aromatic nitrogens is 2. The van der Waals surface area contributed by atoms with Gasteiger partial charge in [0.15, 0.2) is 0 Å². The number of fused-ring (bicyclic) bond motifs is 1. The predicted octanol–water partition coefficient (Wildman–Crippen LogP) is 2.71. The van der Waals surface area contributed by atoms with Crippen molar-refractivity contribution in [3.8, 4) is 0 Å². The summed E-state index contributed by atoms with van der Waals surface area (Å²) >= 11 is 1.87. The maximum absolute atomic E-state index is 13.3. The Morgan fingerprint density at radius 3 is 2.93 bits per heavy atom. The maximum atomic E-state index is 13.3. The molecule has 3 heterocycles. The van der Waals surface area contributed by atoms with Crippen LogP contribution in [-0.4, -0.2) is 58.3 Å². The maximum Gasteiger partial charge on any atom is 0.241 e. The molecular formula is C20H28ClN5OS. The smallest absolute Gasteiger partial charge is 0.241 e. The second-order valence-electron chi connectivity index (χ2n) is 7.32. The number of para-hydroxylation sites is 1. The zero-order valence-electron chi connectivity index (χ0n) is 16.4.